The SMILES string of the molecule is C[C@@]12C=C[C@@](C)(N1)[C@@H](F)[C@@H](Oc1ncc(-c3ccc(-n4cc(F)cn4)cc3O)nn1)C2. The Balaban J connectivity index is 1.34. The molecular formula is C21H20F2N6O2. The van der Waals surface area contributed by atoms with Crippen molar-refractivity contribution in [1.29, 1.82) is 0 Å². The summed E-state index contributed by atoms with van der Waals surface area (Å²) in [5.74, 6) is -0.575. The second kappa shape index (κ2) is 6.81. The number of phenols is 1. The van der Waals surface area contributed by atoms with E-state index >= 15 is 0 Å². The standard InChI is InChI=1S/C21H20F2N6O2/c1-20-5-6-21(2,28-20)18(23)17(8-20)31-19-24-10-15(26-27-19)14-4-3-13(7-16(14)30)29-11-12(22)9-25-29/h3-7,9-11,17-18,28,30H,8H2,1-2H3/t17-,18-,20-,21+/m0/s1. The molecule has 1 aromatic carbocycles. The Bertz CT molecular complexity index is 1170. The van der Waals surface area contributed by atoms with Crippen LogP contribution in [0.1, 0.15) is 20.3 Å². The van der Waals surface area contributed by atoms with Gasteiger partial charge in [0.1, 0.15) is 17.5 Å². The molecule has 1 fully saturated rings. The zero-order valence-electron chi connectivity index (χ0n) is 16.8. The molecule has 8 nitrogen and oxygen atoms in total. The van der Waals surface area contributed by atoms with E-state index in [1.807, 2.05) is 19.1 Å². The number of fused-ring (bicyclic) bond motifs is 2. The average Bonchev–Trinajstić information content (AvgIpc) is 3.29. The van der Waals surface area contributed by atoms with Crippen LogP contribution in [0, 0.1) is 5.82 Å². The molecule has 5 rings (SSSR count). The van der Waals surface area contributed by atoms with Gasteiger partial charge >= 0.3 is 6.01 Å². The number of nitrogens with zero attached hydrogens (tertiary/aromatic N) is 5. The van der Waals surface area contributed by atoms with Gasteiger partial charge in [0.2, 0.25) is 0 Å². The van der Waals surface area contributed by atoms with Gasteiger partial charge in [0.15, 0.2) is 12.0 Å². The lowest BCUT2D eigenvalue weighted by Crippen LogP contribution is -2.64. The van der Waals surface area contributed by atoms with E-state index in [0.29, 0.717) is 23.4 Å². The van der Waals surface area contributed by atoms with Gasteiger partial charge < -0.3 is 9.84 Å². The van der Waals surface area contributed by atoms with Crippen molar-refractivity contribution < 1.29 is 18.6 Å². The lowest BCUT2D eigenvalue weighted by atomic mass is 9.83. The van der Waals surface area contributed by atoms with Gasteiger partial charge in [-0.2, -0.15) is 5.10 Å². The summed E-state index contributed by atoms with van der Waals surface area (Å²) >= 11 is 0. The minimum absolute atomic E-state index is 0.0342. The van der Waals surface area contributed by atoms with Crippen LogP contribution in [0.4, 0.5) is 8.78 Å². The van der Waals surface area contributed by atoms with Crippen LogP contribution < -0.4 is 10.1 Å². The van der Waals surface area contributed by atoms with Crippen molar-refractivity contribution >= 4 is 0 Å². The number of ether oxygens (including phenoxy) is 1. The van der Waals surface area contributed by atoms with Crippen LogP contribution in [0.5, 0.6) is 11.8 Å². The van der Waals surface area contributed by atoms with Gasteiger partial charge in [0.05, 0.1) is 29.8 Å². The zero-order valence-corrected chi connectivity index (χ0v) is 16.8. The van der Waals surface area contributed by atoms with Gasteiger partial charge in [-0.15, -0.1) is 5.10 Å². The van der Waals surface area contributed by atoms with E-state index in [1.54, 1.807) is 19.1 Å². The maximum absolute atomic E-state index is 15.0. The molecule has 10 heteroatoms. The van der Waals surface area contributed by atoms with Crippen LogP contribution in [0.2, 0.25) is 0 Å². The molecule has 2 N–H and O–H groups in total. The van der Waals surface area contributed by atoms with Crippen molar-refractivity contribution in [1.82, 2.24) is 30.3 Å². The van der Waals surface area contributed by atoms with Crippen LogP contribution >= 0.6 is 0 Å². The number of aromatic hydroxyl groups is 1. The lowest BCUT2D eigenvalue weighted by molar-refractivity contribution is -0.00375. The van der Waals surface area contributed by atoms with E-state index in [1.165, 1.54) is 23.1 Å². The highest BCUT2D eigenvalue weighted by Gasteiger charge is 2.53. The minimum atomic E-state index is -1.27. The predicted molar refractivity (Wildman–Crippen MR) is 107 cm³/mol. The average molecular weight is 426 g/mol. The Labute approximate surface area is 176 Å². The first-order valence-corrected chi connectivity index (χ1v) is 9.79. The van der Waals surface area contributed by atoms with Crippen LogP contribution in [0.15, 0.2) is 48.9 Å². The molecular weight excluding hydrogens is 406 g/mol. The Kier molecular flexibility index (Phi) is 4.30. The number of halogens is 2. The number of benzene rings is 1. The third-order valence-corrected chi connectivity index (χ3v) is 5.75. The summed E-state index contributed by atoms with van der Waals surface area (Å²) in [5, 5.41) is 25.5. The number of hydrogen-bond acceptors (Lipinski definition) is 7. The summed E-state index contributed by atoms with van der Waals surface area (Å²) in [6.07, 6.45) is 5.92. The quantitative estimate of drug-likeness (QED) is 0.619. The van der Waals surface area contributed by atoms with Gasteiger partial charge in [-0.05, 0) is 26.0 Å². The number of piperidine rings is 1. The monoisotopic (exact) mass is 426 g/mol. The molecule has 0 spiro atoms. The van der Waals surface area contributed by atoms with Gasteiger partial charge in [-0.25, -0.2) is 18.4 Å². The molecule has 2 aromatic heterocycles. The van der Waals surface area contributed by atoms with Crippen molar-refractivity contribution in [3.63, 3.8) is 0 Å². The van der Waals surface area contributed by atoms with Crippen LogP contribution in [0.3, 0.4) is 0 Å². The molecule has 2 bridgehead atoms. The fourth-order valence-electron chi connectivity index (χ4n) is 4.24. The fraction of sp³-hybridized carbons (Fsp3) is 0.333. The second-order valence-corrected chi connectivity index (χ2v) is 8.35. The summed E-state index contributed by atoms with van der Waals surface area (Å²) < 4.78 is 35.2. The molecule has 4 atom stereocenters. The number of aromatic nitrogens is 5. The Morgan fingerprint density at radius 2 is 2.06 bits per heavy atom. The molecule has 0 aliphatic carbocycles. The largest absolute Gasteiger partial charge is 0.507 e. The molecule has 160 valence electrons. The van der Waals surface area contributed by atoms with Gasteiger partial charge in [-0.1, -0.05) is 17.3 Å². The molecule has 1 saturated heterocycles. The number of rotatable bonds is 4. The fourth-order valence-corrected chi connectivity index (χ4v) is 4.24. The lowest BCUT2D eigenvalue weighted by Gasteiger charge is -2.43. The zero-order chi connectivity index (χ0) is 21.8. The molecule has 3 aromatic rings. The Morgan fingerprint density at radius 3 is 2.74 bits per heavy atom. The molecule has 0 radical (unpaired) electrons. The van der Waals surface area contributed by atoms with E-state index in [0.717, 1.165) is 6.20 Å². The maximum atomic E-state index is 15.0. The number of phenolic OH excluding ortho intramolecular Hbond substituents is 1. The van der Waals surface area contributed by atoms with Crippen LogP contribution in [-0.2, 0) is 0 Å². The van der Waals surface area contributed by atoms with Crippen molar-refractivity contribution in [3.05, 3.63) is 54.8 Å². The maximum Gasteiger partial charge on any atom is 0.336 e. The highest BCUT2D eigenvalue weighted by Crippen LogP contribution is 2.39. The number of alkyl halides is 1. The van der Waals surface area contributed by atoms with Crippen molar-refractivity contribution in [2.45, 2.75) is 43.6 Å². The third-order valence-electron chi connectivity index (χ3n) is 5.75. The molecule has 0 unspecified atom stereocenters. The molecule has 4 heterocycles. The summed E-state index contributed by atoms with van der Waals surface area (Å²) in [6, 6.07) is 4.65. The summed E-state index contributed by atoms with van der Waals surface area (Å²) in [7, 11) is 0. The smallest absolute Gasteiger partial charge is 0.336 e. The Morgan fingerprint density at radius 1 is 1.23 bits per heavy atom. The summed E-state index contributed by atoms with van der Waals surface area (Å²) in [5.41, 5.74) is 0.0357. The first-order chi connectivity index (χ1) is 14.7. The molecule has 0 saturated carbocycles. The van der Waals surface area contributed by atoms with Crippen molar-refractivity contribution in [3.8, 4) is 28.7 Å². The van der Waals surface area contributed by atoms with E-state index in [2.05, 4.69) is 25.6 Å². The number of nitrogens with one attached hydrogen (secondary N) is 1. The Hall–Kier alpha value is -3.40. The topological polar surface area (TPSA) is 98.0 Å². The van der Waals surface area contributed by atoms with Crippen molar-refractivity contribution in [2.75, 3.05) is 0 Å². The molecule has 0 amide bonds. The van der Waals surface area contributed by atoms with E-state index in [9.17, 15) is 13.9 Å². The minimum Gasteiger partial charge on any atom is -0.507 e. The van der Waals surface area contributed by atoms with E-state index in [4.69, 9.17) is 4.74 Å². The van der Waals surface area contributed by atoms with Crippen LogP contribution in [-0.4, -0.2) is 53.4 Å². The van der Waals surface area contributed by atoms with E-state index < -0.39 is 23.6 Å². The summed E-state index contributed by atoms with van der Waals surface area (Å²) in [4.78, 5) is 4.14. The molecule has 31 heavy (non-hydrogen) atoms. The second-order valence-electron chi connectivity index (χ2n) is 8.35. The number of hydrogen-bond donors (Lipinski definition) is 2. The third kappa shape index (κ3) is 3.42. The highest BCUT2D eigenvalue weighted by molar-refractivity contribution is 5.67. The van der Waals surface area contributed by atoms with Gasteiger partial charge in [0.25, 0.3) is 0 Å². The van der Waals surface area contributed by atoms with Crippen molar-refractivity contribution in [2.24, 2.45) is 0 Å². The first-order valence-electron chi connectivity index (χ1n) is 9.79. The predicted octanol–water partition coefficient (Wildman–Crippen LogP) is 2.74. The normalized spacial score (nSPS) is 29.3. The highest BCUT2D eigenvalue weighted by atomic mass is 19.1. The van der Waals surface area contributed by atoms with Crippen LogP contribution in [0.25, 0.3) is 16.9 Å². The molecule has 2 aliphatic rings. The van der Waals surface area contributed by atoms with E-state index in [-0.39, 0.29) is 17.3 Å². The summed E-state index contributed by atoms with van der Waals surface area (Å²) in [6.45, 7) is 3.78. The van der Waals surface area contributed by atoms with Gasteiger partial charge in [0, 0.05) is 23.6 Å². The van der Waals surface area contributed by atoms with Gasteiger partial charge in [-0.3, -0.25) is 5.32 Å². The first kappa shape index (κ1) is 19.6. The molecule has 2 aliphatic heterocycles.